The maximum Gasteiger partial charge on any atom is 0.421 e. The van der Waals surface area contributed by atoms with Crippen LogP contribution in [-0.4, -0.2) is 9.55 Å². The van der Waals surface area contributed by atoms with Crippen molar-refractivity contribution in [3.63, 3.8) is 0 Å². The summed E-state index contributed by atoms with van der Waals surface area (Å²) in [5.41, 5.74) is 8.34. The van der Waals surface area contributed by atoms with Crippen LogP contribution in [0.15, 0.2) is 51.8 Å². The van der Waals surface area contributed by atoms with Crippen LogP contribution >= 0.6 is 0 Å². The summed E-state index contributed by atoms with van der Waals surface area (Å²) in [6.07, 6.45) is 1.64. The lowest BCUT2D eigenvalue weighted by Crippen LogP contribution is -2.15. The molecule has 0 saturated carbocycles. The van der Waals surface area contributed by atoms with Crippen molar-refractivity contribution >= 4 is 16.9 Å². The van der Waals surface area contributed by atoms with Crippen LogP contribution < -0.4 is 11.5 Å². The first-order chi connectivity index (χ1) is 8.74. The number of aromatic nitrogens is 2. The molecule has 3 aromatic rings. The molecule has 90 valence electrons. The van der Waals surface area contributed by atoms with E-state index in [0.29, 0.717) is 23.5 Å². The van der Waals surface area contributed by atoms with Crippen LogP contribution in [0, 0.1) is 0 Å². The lowest BCUT2D eigenvalue weighted by Gasteiger charge is -2.02. The number of oxazole rings is 1. The maximum absolute atomic E-state index is 11.7. The molecule has 0 aliphatic rings. The second-order valence-electron chi connectivity index (χ2n) is 4.02. The second kappa shape index (κ2) is 4.03. The summed E-state index contributed by atoms with van der Waals surface area (Å²) in [5.74, 6) is -0.402. The van der Waals surface area contributed by atoms with Crippen molar-refractivity contribution in [1.82, 2.24) is 9.55 Å². The minimum Gasteiger partial charge on any atom is -0.406 e. The van der Waals surface area contributed by atoms with Crippen molar-refractivity contribution < 1.29 is 4.42 Å². The van der Waals surface area contributed by atoms with Crippen LogP contribution in [0.1, 0.15) is 5.56 Å². The molecule has 0 saturated heterocycles. The second-order valence-corrected chi connectivity index (χ2v) is 4.02. The summed E-state index contributed by atoms with van der Waals surface area (Å²) in [6, 6.07) is 10.8. The van der Waals surface area contributed by atoms with Gasteiger partial charge in [0, 0.05) is 11.9 Å². The molecule has 18 heavy (non-hydrogen) atoms. The molecular weight excluding hydrogens is 230 g/mol. The SMILES string of the molecule is Nc1ccc(Cn2c(=O)oc3cccnc32)cc1. The molecule has 0 amide bonds. The van der Waals surface area contributed by atoms with Crippen LogP contribution in [0.2, 0.25) is 0 Å². The van der Waals surface area contributed by atoms with Crippen LogP contribution in [0.25, 0.3) is 11.2 Å². The van der Waals surface area contributed by atoms with Crippen molar-refractivity contribution in [2.24, 2.45) is 0 Å². The highest BCUT2D eigenvalue weighted by molar-refractivity contribution is 5.67. The minimum absolute atomic E-state index is 0.402. The Labute approximate surface area is 102 Å². The summed E-state index contributed by atoms with van der Waals surface area (Å²) < 4.78 is 6.62. The van der Waals surface area contributed by atoms with E-state index in [0.717, 1.165) is 5.56 Å². The third kappa shape index (κ3) is 1.75. The smallest absolute Gasteiger partial charge is 0.406 e. The minimum atomic E-state index is -0.402. The van der Waals surface area contributed by atoms with E-state index < -0.39 is 5.76 Å². The third-order valence-corrected chi connectivity index (χ3v) is 2.74. The quantitative estimate of drug-likeness (QED) is 0.692. The predicted octanol–water partition coefficient (Wildman–Crippen LogP) is 1.62. The van der Waals surface area contributed by atoms with Crippen LogP contribution in [0.4, 0.5) is 5.69 Å². The number of nitrogens with zero attached hydrogens (tertiary/aromatic N) is 2. The molecule has 5 heteroatoms. The number of benzene rings is 1. The summed E-state index contributed by atoms with van der Waals surface area (Å²) in [4.78, 5) is 15.9. The van der Waals surface area contributed by atoms with E-state index in [9.17, 15) is 4.79 Å². The van der Waals surface area contributed by atoms with Gasteiger partial charge in [-0.2, -0.15) is 0 Å². The van der Waals surface area contributed by atoms with Gasteiger partial charge >= 0.3 is 5.76 Å². The number of pyridine rings is 1. The van der Waals surface area contributed by atoms with Gasteiger partial charge in [0.15, 0.2) is 11.2 Å². The van der Waals surface area contributed by atoms with Crippen molar-refractivity contribution in [2.45, 2.75) is 6.54 Å². The molecule has 1 aromatic carbocycles. The number of rotatable bonds is 2. The summed E-state index contributed by atoms with van der Waals surface area (Å²) in [5, 5.41) is 0. The van der Waals surface area contributed by atoms with Gasteiger partial charge < -0.3 is 10.2 Å². The Kier molecular flexibility index (Phi) is 2.37. The van der Waals surface area contributed by atoms with Crippen molar-refractivity contribution in [3.05, 3.63) is 58.7 Å². The van der Waals surface area contributed by atoms with E-state index >= 15 is 0 Å². The van der Waals surface area contributed by atoms with Gasteiger partial charge in [-0.05, 0) is 29.8 Å². The topological polar surface area (TPSA) is 74.0 Å². The number of hydrogen-bond donors (Lipinski definition) is 1. The molecule has 0 fully saturated rings. The van der Waals surface area contributed by atoms with E-state index in [-0.39, 0.29) is 0 Å². The van der Waals surface area contributed by atoms with E-state index in [1.807, 2.05) is 12.1 Å². The first-order valence-corrected chi connectivity index (χ1v) is 5.53. The molecule has 0 bridgehead atoms. The van der Waals surface area contributed by atoms with Crippen molar-refractivity contribution in [2.75, 3.05) is 5.73 Å². The highest BCUT2D eigenvalue weighted by atomic mass is 16.4. The molecule has 0 atom stereocenters. The number of nitrogen functional groups attached to an aromatic ring is 1. The third-order valence-electron chi connectivity index (χ3n) is 2.74. The average Bonchev–Trinajstić information content (AvgIpc) is 2.69. The monoisotopic (exact) mass is 241 g/mol. The molecule has 2 N–H and O–H groups in total. The van der Waals surface area contributed by atoms with Gasteiger partial charge in [0.25, 0.3) is 0 Å². The van der Waals surface area contributed by atoms with Gasteiger partial charge in [0.1, 0.15) is 0 Å². The fourth-order valence-corrected chi connectivity index (χ4v) is 1.85. The summed E-state index contributed by atoms with van der Waals surface area (Å²) in [7, 11) is 0. The zero-order valence-corrected chi connectivity index (χ0v) is 9.54. The number of anilines is 1. The van der Waals surface area contributed by atoms with Crippen molar-refractivity contribution in [3.8, 4) is 0 Å². The molecule has 2 heterocycles. The Morgan fingerprint density at radius 3 is 2.78 bits per heavy atom. The molecule has 2 aromatic heterocycles. The zero-order chi connectivity index (χ0) is 12.5. The van der Waals surface area contributed by atoms with E-state index in [4.69, 9.17) is 10.2 Å². The molecule has 0 spiro atoms. The Morgan fingerprint density at radius 2 is 2.00 bits per heavy atom. The van der Waals surface area contributed by atoms with E-state index in [1.54, 1.807) is 30.5 Å². The van der Waals surface area contributed by atoms with Gasteiger partial charge in [0.05, 0.1) is 6.54 Å². The first kappa shape index (κ1) is 10.6. The number of nitrogens with two attached hydrogens (primary N) is 1. The largest absolute Gasteiger partial charge is 0.421 e. The maximum atomic E-state index is 11.7. The predicted molar refractivity (Wildman–Crippen MR) is 68.2 cm³/mol. The first-order valence-electron chi connectivity index (χ1n) is 5.53. The Hall–Kier alpha value is -2.56. The van der Waals surface area contributed by atoms with Crippen molar-refractivity contribution in [1.29, 1.82) is 0 Å². The standard InChI is InChI=1S/C13H11N3O2/c14-10-5-3-9(4-6-10)8-16-12-11(18-13(16)17)2-1-7-15-12/h1-7H,8,14H2. The van der Waals surface area contributed by atoms with E-state index in [2.05, 4.69) is 4.98 Å². The lowest BCUT2D eigenvalue weighted by atomic mass is 10.2. The fourth-order valence-electron chi connectivity index (χ4n) is 1.85. The van der Waals surface area contributed by atoms with Gasteiger partial charge in [0.2, 0.25) is 0 Å². The Balaban J connectivity index is 2.07. The molecule has 3 rings (SSSR count). The summed E-state index contributed by atoms with van der Waals surface area (Å²) >= 11 is 0. The van der Waals surface area contributed by atoms with Gasteiger partial charge in [-0.15, -0.1) is 0 Å². The molecule has 0 aliphatic carbocycles. The molecule has 5 nitrogen and oxygen atoms in total. The molecular formula is C13H11N3O2. The van der Waals surface area contributed by atoms with Crippen LogP contribution in [-0.2, 0) is 6.54 Å². The molecule has 0 radical (unpaired) electrons. The number of fused-ring (bicyclic) bond motifs is 1. The normalized spacial score (nSPS) is 10.9. The molecule has 0 unspecified atom stereocenters. The average molecular weight is 241 g/mol. The van der Waals surface area contributed by atoms with Crippen LogP contribution in [0.3, 0.4) is 0 Å². The van der Waals surface area contributed by atoms with Gasteiger partial charge in [-0.3, -0.25) is 4.57 Å². The summed E-state index contributed by atoms with van der Waals surface area (Å²) in [6.45, 7) is 0.420. The fraction of sp³-hybridized carbons (Fsp3) is 0.0769. The zero-order valence-electron chi connectivity index (χ0n) is 9.54. The van der Waals surface area contributed by atoms with E-state index in [1.165, 1.54) is 4.57 Å². The van der Waals surface area contributed by atoms with Gasteiger partial charge in [-0.25, -0.2) is 9.78 Å². The molecule has 0 aliphatic heterocycles. The van der Waals surface area contributed by atoms with Crippen LogP contribution in [0.5, 0.6) is 0 Å². The Bertz CT molecular complexity index is 741. The highest BCUT2D eigenvalue weighted by Crippen LogP contribution is 2.12. The Morgan fingerprint density at radius 1 is 1.22 bits per heavy atom. The number of hydrogen-bond acceptors (Lipinski definition) is 4. The highest BCUT2D eigenvalue weighted by Gasteiger charge is 2.09. The van der Waals surface area contributed by atoms with Gasteiger partial charge in [-0.1, -0.05) is 12.1 Å². The lowest BCUT2D eigenvalue weighted by molar-refractivity contribution is 0.517.